The second kappa shape index (κ2) is 3.65. The number of nitro groups is 1. The van der Waals surface area contributed by atoms with Crippen LogP contribution < -0.4 is 0 Å². The van der Waals surface area contributed by atoms with E-state index in [2.05, 4.69) is 0 Å². The van der Waals surface area contributed by atoms with Crippen molar-refractivity contribution >= 4 is 5.69 Å². The summed E-state index contributed by atoms with van der Waals surface area (Å²) >= 11 is 0. The minimum absolute atomic E-state index is 0.0231. The average molecular weight is 178 g/mol. The predicted molar refractivity (Wildman–Crippen MR) is 43.7 cm³/mol. The molecule has 0 saturated carbocycles. The molecule has 1 aromatic rings. The van der Waals surface area contributed by atoms with Crippen LogP contribution in [0.5, 0.6) is 0 Å². The van der Waals surface area contributed by atoms with Gasteiger partial charge in [-0.3, -0.25) is 10.1 Å². The lowest BCUT2D eigenvalue weighted by molar-refractivity contribution is -0.386. The number of nitriles is 1. The van der Waals surface area contributed by atoms with Crippen LogP contribution in [0.25, 0.3) is 0 Å². The van der Waals surface area contributed by atoms with Gasteiger partial charge in [-0.2, -0.15) is 5.26 Å². The normalized spacial score (nSPS) is 11.7. The molecule has 1 rings (SSSR count). The van der Waals surface area contributed by atoms with E-state index in [1.165, 1.54) is 30.3 Å². The molecule has 0 aliphatic rings. The van der Waals surface area contributed by atoms with Crippen molar-refractivity contribution in [3.8, 4) is 6.07 Å². The summed E-state index contributed by atoms with van der Waals surface area (Å²) in [5, 5.41) is 27.9. The Morgan fingerprint density at radius 3 is 2.69 bits per heavy atom. The summed E-state index contributed by atoms with van der Waals surface area (Å²) < 4.78 is 0. The van der Waals surface area contributed by atoms with Gasteiger partial charge >= 0.3 is 0 Å². The second-order valence-electron chi connectivity index (χ2n) is 2.35. The summed E-state index contributed by atoms with van der Waals surface area (Å²) in [6.45, 7) is 0. The van der Waals surface area contributed by atoms with Crippen molar-refractivity contribution in [3.05, 3.63) is 39.9 Å². The number of hydrogen-bond acceptors (Lipinski definition) is 4. The zero-order chi connectivity index (χ0) is 9.84. The SMILES string of the molecule is N#C[C@@H](O)c1ccccc1[N+](=O)[O-]. The molecule has 0 spiro atoms. The van der Waals surface area contributed by atoms with E-state index in [0.29, 0.717) is 0 Å². The van der Waals surface area contributed by atoms with E-state index < -0.39 is 11.0 Å². The topological polar surface area (TPSA) is 87.2 Å². The maximum atomic E-state index is 10.4. The number of nitrogens with zero attached hydrogens (tertiary/aromatic N) is 2. The average Bonchev–Trinajstić information content (AvgIpc) is 2.16. The molecular weight excluding hydrogens is 172 g/mol. The first-order valence-electron chi connectivity index (χ1n) is 3.48. The summed E-state index contributed by atoms with van der Waals surface area (Å²) in [4.78, 5) is 9.80. The first kappa shape index (κ1) is 9.16. The number of para-hydroxylation sites is 1. The van der Waals surface area contributed by atoms with Gasteiger partial charge in [0.05, 0.1) is 16.6 Å². The molecule has 5 nitrogen and oxygen atoms in total. The third-order valence-electron chi connectivity index (χ3n) is 1.55. The molecule has 5 heteroatoms. The van der Waals surface area contributed by atoms with E-state index in [1.54, 1.807) is 0 Å². The van der Waals surface area contributed by atoms with Crippen molar-refractivity contribution in [3.63, 3.8) is 0 Å². The fraction of sp³-hybridized carbons (Fsp3) is 0.125. The zero-order valence-electron chi connectivity index (χ0n) is 6.54. The molecule has 0 aliphatic carbocycles. The third-order valence-corrected chi connectivity index (χ3v) is 1.55. The standard InChI is InChI=1S/C8H6N2O3/c9-5-8(11)6-3-1-2-4-7(6)10(12)13/h1-4,8,11H/t8-/m1/s1. The Bertz CT molecular complexity index is 370. The van der Waals surface area contributed by atoms with E-state index in [4.69, 9.17) is 10.4 Å². The number of nitro benzene ring substituents is 1. The number of rotatable bonds is 2. The van der Waals surface area contributed by atoms with Crippen molar-refractivity contribution in [2.45, 2.75) is 6.10 Å². The Labute approximate surface area is 74.0 Å². The minimum Gasteiger partial charge on any atom is -0.374 e. The Balaban J connectivity index is 3.21. The smallest absolute Gasteiger partial charge is 0.276 e. The highest BCUT2D eigenvalue weighted by atomic mass is 16.6. The second-order valence-corrected chi connectivity index (χ2v) is 2.35. The Morgan fingerprint density at radius 2 is 2.15 bits per heavy atom. The fourth-order valence-corrected chi connectivity index (χ4v) is 0.955. The Morgan fingerprint density at radius 1 is 1.54 bits per heavy atom. The highest BCUT2D eigenvalue weighted by Crippen LogP contribution is 2.23. The summed E-state index contributed by atoms with van der Waals surface area (Å²) in [6, 6.07) is 7.14. The van der Waals surface area contributed by atoms with Crippen LogP contribution in [0.1, 0.15) is 11.7 Å². The van der Waals surface area contributed by atoms with Gasteiger partial charge in [0.2, 0.25) is 0 Å². The molecule has 0 fully saturated rings. The Hall–Kier alpha value is -1.93. The van der Waals surface area contributed by atoms with Crippen molar-refractivity contribution < 1.29 is 10.0 Å². The lowest BCUT2D eigenvalue weighted by Gasteiger charge is -2.01. The van der Waals surface area contributed by atoms with Gasteiger partial charge < -0.3 is 5.11 Å². The van der Waals surface area contributed by atoms with E-state index >= 15 is 0 Å². The lowest BCUT2D eigenvalue weighted by Crippen LogP contribution is -1.99. The molecule has 0 radical (unpaired) electrons. The molecule has 0 aromatic heterocycles. The number of aliphatic hydroxyl groups excluding tert-OH is 1. The monoisotopic (exact) mass is 178 g/mol. The molecular formula is C8H6N2O3. The predicted octanol–water partition coefficient (Wildman–Crippen LogP) is 1.15. The maximum Gasteiger partial charge on any atom is 0.276 e. The molecule has 0 heterocycles. The van der Waals surface area contributed by atoms with E-state index in [9.17, 15) is 10.1 Å². The Kier molecular flexibility index (Phi) is 2.57. The zero-order valence-corrected chi connectivity index (χ0v) is 6.54. The molecule has 0 bridgehead atoms. The first-order valence-corrected chi connectivity index (χ1v) is 3.48. The highest BCUT2D eigenvalue weighted by molar-refractivity contribution is 5.43. The van der Waals surface area contributed by atoms with Crippen LogP contribution >= 0.6 is 0 Å². The number of hydrogen-bond donors (Lipinski definition) is 1. The molecule has 1 aromatic carbocycles. The minimum atomic E-state index is -1.44. The summed E-state index contributed by atoms with van der Waals surface area (Å²) in [6.07, 6.45) is -1.44. The van der Waals surface area contributed by atoms with Crippen LogP contribution in [-0.4, -0.2) is 10.0 Å². The van der Waals surface area contributed by atoms with Crippen molar-refractivity contribution in [2.75, 3.05) is 0 Å². The summed E-state index contributed by atoms with van der Waals surface area (Å²) in [5.74, 6) is 0. The molecule has 13 heavy (non-hydrogen) atoms. The number of aliphatic hydroxyl groups is 1. The van der Waals surface area contributed by atoms with E-state index in [-0.39, 0.29) is 11.3 Å². The molecule has 0 aliphatic heterocycles. The highest BCUT2D eigenvalue weighted by Gasteiger charge is 2.18. The van der Waals surface area contributed by atoms with Crippen LogP contribution in [0.3, 0.4) is 0 Å². The van der Waals surface area contributed by atoms with E-state index in [1.807, 2.05) is 0 Å². The van der Waals surface area contributed by atoms with Crippen molar-refractivity contribution in [1.82, 2.24) is 0 Å². The molecule has 1 N–H and O–H groups in total. The summed E-state index contributed by atoms with van der Waals surface area (Å²) in [5.41, 5.74) is -0.216. The van der Waals surface area contributed by atoms with E-state index in [0.717, 1.165) is 0 Å². The van der Waals surface area contributed by atoms with Gasteiger partial charge in [-0.25, -0.2) is 0 Å². The van der Waals surface area contributed by atoms with Gasteiger partial charge in [-0.1, -0.05) is 12.1 Å². The van der Waals surface area contributed by atoms with Gasteiger partial charge in [0.15, 0.2) is 6.10 Å². The van der Waals surface area contributed by atoms with Crippen LogP contribution in [0.15, 0.2) is 24.3 Å². The van der Waals surface area contributed by atoms with Gasteiger partial charge in [-0.15, -0.1) is 0 Å². The molecule has 1 atom stereocenters. The molecule has 66 valence electrons. The molecule has 0 unspecified atom stereocenters. The van der Waals surface area contributed by atoms with Crippen LogP contribution in [0, 0.1) is 21.4 Å². The van der Waals surface area contributed by atoms with Crippen LogP contribution in [0.2, 0.25) is 0 Å². The molecule has 0 saturated heterocycles. The lowest BCUT2D eigenvalue weighted by atomic mass is 10.1. The molecule has 0 amide bonds. The quantitative estimate of drug-likeness (QED) is 0.418. The van der Waals surface area contributed by atoms with Crippen molar-refractivity contribution in [2.24, 2.45) is 0 Å². The maximum absolute atomic E-state index is 10.4. The third kappa shape index (κ3) is 1.80. The van der Waals surface area contributed by atoms with Gasteiger partial charge in [0.25, 0.3) is 5.69 Å². The van der Waals surface area contributed by atoms with Gasteiger partial charge in [0.1, 0.15) is 0 Å². The largest absolute Gasteiger partial charge is 0.374 e. The first-order chi connectivity index (χ1) is 6.16. The fourth-order valence-electron chi connectivity index (χ4n) is 0.955. The van der Waals surface area contributed by atoms with Crippen LogP contribution in [0.4, 0.5) is 5.69 Å². The van der Waals surface area contributed by atoms with Gasteiger partial charge in [-0.05, 0) is 6.07 Å². The number of benzene rings is 1. The van der Waals surface area contributed by atoms with Crippen molar-refractivity contribution in [1.29, 1.82) is 5.26 Å². The van der Waals surface area contributed by atoms with Gasteiger partial charge in [0, 0.05) is 6.07 Å². The summed E-state index contributed by atoms with van der Waals surface area (Å²) in [7, 11) is 0. The van der Waals surface area contributed by atoms with Crippen LogP contribution in [-0.2, 0) is 0 Å².